The second-order valence-corrected chi connectivity index (χ2v) is 23.8. The molecule has 1 unspecified atom stereocenters. The van der Waals surface area contributed by atoms with Crippen LogP contribution < -0.4 is 0 Å². The van der Waals surface area contributed by atoms with Gasteiger partial charge in [0.15, 0.2) is 6.10 Å². The summed E-state index contributed by atoms with van der Waals surface area (Å²) in [6, 6.07) is 0. The zero-order valence-corrected chi connectivity index (χ0v) is 54.9. The van der Waals surface area contributed by atoms with Crippen molar-refractivity contribution in [3.63, 3.8) is 0 Å². The number of hydrogen-bond donors (Lipinski definition) is 0. The van der Waals surface area contributed by atoms with E-state index in [9.17, 15) is 14.4 Å². The molecule has 0 heterocycles. The second kappa shape index (κ2) is 70.8. The van der Waals surface area contributed by atoms with Crippen molar-refractivity contribution in [3.8, 4) is 0 Å². The maximum absolute atomic E-state index is 12.9. The first-order valence-electron chi connectivity index (χ1n) is 35.7. The second-order valence-electron chi connectivity index (χ2n) is 23.8. The fourth-order valence-electron chi connectivity index (χ4n) is 10.2. The number of unbranched alkanes of at least 4 members (excludes halogenated alkanes) is 38. The fraction of sp³-hybridized carbons (Fsp3) is 0.753. The van der Waals surface area contributed by atoms with Crippen LogP contribution in [0, 0.1) is 0 Å². The van der Waals surface area contributed by atoms with E-state index in [0.717, 1.165) is 96.3 Å². The SMILES string of the molecule is CC/C=C\C/C=C\C/C=C\C/C=C\C/C=C\C/C=C\CCCCC(=O)OC(COC(=O)CCCCCCCCCCCCCCCCC/C=C\C/C=C\CCCCCCC)COC(=O)CCCCCCCCCCCCCCCCCCC. The van der Waals surface area contributed by atoms with Gasteiger partial charge in [-0.05, 0) is 103 Å². The smallest absolute Gasteiger partial charge is 0.306 e. The van der Waals surface area contributed by atoms with Crippen LogP contribution in [-0.4, -0.2) is 37.2 Å². The van der Waals surface area contributed by atoms with E-state index >= 15 is 0 Å². The van der Waals surface area contributed by atoms with Crippen LogP contribution in [0.1, 0.15) is 355 Å². The molecule has 6 nitrogen and oxygen atoms in total. The lowest BCUT2D eigenvalue weighted by Crippen LogP contribution is -2.30. The number of rotatable bonds is 65. The molecule has 1 atom stereocenters. The number of carbonyl (C=O) groups is 3. The van der Waals surface area contributed by atoms with Gasteiger partial charge in [-0.1, -0.05) is 330 Å². The Morgan fingerprint density at radius 3 is 0.759 bits per heavy atom. The topological polar surface area (TPSA) is 78.9 Å². The molecule has 0 aliphatic rings. The monoisotopic (exact) mass is 1160 g/mol. The van der Waals surface area contributed by atoms with Crippen LogP contribution in [0.3, 0.4) is 0 Å². The average molecular weight is 1160 g/mol. The van der Waals surface area contributed by atoms with E-state index in [1.807, 2.05) is 0 Å². The minimum absolute atomic E-state index is 0.0916. The lowest BCUT2D eigenvalue weighted by Gasteiger charge is -2.18. The molecular weight excluding hydrogens is 1020 g/mol. The van der Waals surface area contributed by atoms with Crippen LogP contribution in [0.4, 0.5) is 0 Å². The van der Waals surface area contributed by atoms with Gasteiger partial charge in [-0.15, -0.1) is 0 Å². The molecule has 0 N–H and O–H groups in total. The summed E-state index contributed by atoms with van der Waals surface area (Å²) in [5, 5.41) is 0. The summed E-state index contributed by atoms with van der Waals surface area (Å²) >= 11 is 0. The molecule has 0 aliphatic carbocycles. The first kappa shape index (κ1) is 79.3. The fourth-order valence-corrected chi connectivity index (χ4v) is 10.2. The minimum atomic E-state index is -0.802. The van der Waals surface area contributed by atoms with E-state index in [1.165, 1.54) is 212 Å². The molecule has 0 saturated carbocycles. The summed E-state index contributed by atoms with van der Waals surface area (Å²) < 4.78 is 17.0. The van der Waals surface area contributed by atoms with Gasteiger partial charge in [0.2, 0.25) is 0 Å². The van der Waals surface area contributed by atoms with Crippen molar-refractivity contribution in [2.75, 3.05) is 13.2 Å². The normalized spacial score (nSPS) is 12.7. The number of esters is 3. The third kappa shape index (κ3) is 69.0. The molecule has 0 radical (unpaired) electrons. The van der Waals surface area contributed by atoms with Crippen LogP contribution in [0.25, 0.3) is 0 Å². The molecule has 83 heavy (non-hydrogen) atoms. The highest BCUT2D eigenvalue weighted by molar-refractivity contribution is 5.71. The molecule has 0 saturated heterocycles. The number of hydrogen-bond acceptors (Lipinski definition) is 6. The van der Waals surface area contributed by atoms with Gasteiger partial charge >= 0.3 is 17.9 Å². The Morgan fingerprint density at radius 2 is 0.470 bits per heavy atom. The molecule has 0 aliphatic heterocycles. The van der Waals surface area contributed by atoms with Gasteiger partial charge in [-0.2, -0.15) is 0 Å². The summed E-state index contributed by atoms with van der Waals surface area (Å²) in [7, 11) is 0. The molecule has 0 aromatic carbocycles. The molecule has 0 aromatic heterocycles. The highest BCUT2D eigenvalue weighted by atomic mass is 16.6. The molecule has 6 heteroatoms. The van der Waals surface area contributed by atoms with E-state index in [2.05, 4.69) is 118 Å². The highest BCUT2D eigenvalue weighted by Crippen LogP contribution is 2.18. The average Bonchev–Trinajstić information content (AvgIpc) is 3.50. The van der Waals surface area contributed by atoms with E-state index < -0.39 is 6.10 Å². The van der Waals surface area contributed by atoms with Crippen molar-refractivity contribution < 1.29 is 28.6 Å². The molecule has 478 valence electrons. The predicted octanol–water partition coefficient (Wildman–Crippen LogP) is 24.8. The Kier molecular flexibility index (Phi) is 67.7. The zero-order chi connectivity index (χ0) is 59.9. The van der Waals surface area contributed by atoms with Crippen molar-refractivity contribution >= 4 is 17.9 Å². The zero-order valence-electron chi connectivity index (χ0n) is 54.9. The van der Waals surface area contributed by atoms with Crippen molar-refractivity contribution in [2.45, 2.75) is 361 Å². The molecule has 0 aromatic rings. The lowest BCUT2D eigenvalue weighted by atomic mass is 10.0. The highest BCUT2D eigenvalue weighted by Gasteiger charge is 2.19. The third-order valence-electron chi connectivity index (χ3n) is 15.6. The largest absolute Gasteiger partial charge is 0.462 e. The summed E-state index contributed by atoms with van der Waals surface area (Å²) in [5.74, 6) is -0.917. The Morgan fingerprint density at radius 1 is 0.253 bits per heavy atom. The van der Waals surface area contributed by atoms with Crippen LogP contribution >= 0.6 is 0 Å². The van der Waals surface area contributed by atoms with Gasteiger partial charge in [0, 0.05) is 19.3 Å². The van der Waals surface area contributed by atoms with Crippen LogP contribution in [0.15, 0.2) is 97.2 Å². The molecule has 0 amide bonds. The van der Waals surface area contributed by atoms with Gasteiger partial charge in [0.05, 0.1) is 0 Å². The summed E-state index contributed by atoms with van der Waals surface area (Å²) in [4.78, 5) is 38.5. The molecule has 0 rings (SSSR count). The first-order chi connectivity index (χ1) is 41.0. The van der Waals surface area contributed by atoms with E-state index in [0.29, 0.717) is 19.3 Å². The Balaban J connectivity index is 4.37. The predicted molar refractivity (Wildman–Crippen MR) is 362 cm³/mol. The van der Waals surface area contributed by atoms with Crippen LogP contribution in [0.5, 0.6) is 0 Å². The van der Waals surface area contributed by atoms with Crippen LogP contribution in [0.2, 0.25) is 0 Å². The van der Waals surface area contributed by atoms with Gasteiger partial charge in [0.25, 0.3) is 0 Å². The molecule has 0 spiro atoms. The maximum atomic E-state index is 12.9. The van der Waals surface area contributed by atoms with Crippen LogP contribution in [-0.2, 0) is 28.6 Å². The Hall–Kier alpha value is -3.67. The van der Waals surface area contributed by atoms with Crippen molar-refractivity contribution in [1.82, 2.24) is 0 Å². The molecule has 0 bridgehead atoms. The van der Waals surface area contributed by atoms with E-state index in [-0.39, 0.29) is 37.5 Å². The summed E-state index contributed by atoms with van der Waals surface area (Å²) in [6.45, 7) is 6.53. The number of allylic oxidation sites excluding steroid dienone is 16. The third-order valence-corrected chi connectivity index (χ3v) is 15.6. The molecule has 0 fully saturated rings. The van der Waals surface area contributed by atoms with E-state index in [1.54, 1.807) is 0 Å². The number of carbonyl (C=O) groups excluding carboxylic acids is 3. The van der Waals surface area contributed by atoms with Crippen molar-refractivity contribution in [1.29, 1.82) is 0 Å². The number of ether oxygens (including phenoxy) is 3. The summed E-state index contributed by atoms with van der Waals surface area (Å²) in [6.07, 6.45) is 95.8. The standard InChI is InChI=1S/C77H134O6/c1-4-7-10-13-16-19-22-25-28-31-33-35-36-37-38-39-40-42-43-46-49-52-55-58-61-64-67-70-76(79)82-73-74(72-81-75(78)69-66-63-60-57-54-51-48-45-30-27-24-21-18-15-12-9-6-3)83-77(80)71-68-65-62-59-56-53-50-47-44-41-34-32-29-26-23-20-17-14-11-8-5-2/h8,11,17,20,22,25-26,29,31,33-34,41,47,50,56,59,74H,4-7,9-10,12-16,18-19,21,23-24,27-28,30,32,35-40,42-46,48-49,51-55,57-58,60-73H2,1-3H3/b11-8-,20-17-,25-22-,29-26-,33-31-,41-34-,50-47-,59-56-. The Bertz CT molecular complexity index is 1610. The van der Waals surface area contributed by atoms with Gasteiger partial charge < -0.3 is 14.2 Å². The first-order valence-corrected chi connectivity index (χ1v) is 35.7. The quantitative estimate of drug-likeness (QED) is 0.0261. The van der Waals surface area contributed by atoms with Crippen molar-refractivity contribution in [3.05, 3.63) is 97.2 Å². The van der Waals surface area contributed by atoms with Gasteiger partial charge in [-0.3, -0.25) is 14.4 Å². The lowest BCUT2D eigenvalue weighted by molar-refractivity contribution is -0.167. The van der Waals surface area contributed by atoms with E-state index in [4.69, 9.17) is 14.2 Å². The maximum Gasteiger partial charge on any atom is 0.306 e. The van der Waals surface area contributed by atoms with Gasteiger partial charge in [-0.25, -0.2) is 0 Å². The van der Waals surface area contributed by atoms with Crippen molar-refractivity contribution in [2.24, 2.45) is 0 Å². The Labute approximate surface area is 515 Å². The minimum Gasteiger partial charge on any atom is -0.462 e. The molecular formula is C77H134O6. The van der Waals surface area contributed by atoms with Gasteiger partial charge in [0.1, 0.15) is 13.2 Å². The summed E-state index contributed by atoms with van der Waals surface area (Å²) in [5.41, 5.74) is 0.